The largest absolute Gasteiger partial charge is 0.0654 e. The average Bonchev–Trinajstić information content (AvgIpc) is 2.35. The minimum absolute atomic E-state index is 0.551. The number of hydrogen-bond donors (Lipinski definition) is 0. The van der Waals surface area contributed by atoms with Gasteiger partial charge in [-0.2, -0.15) is 0 Å². The summed E-state index contributed by atoms with van der Waals surface area (Å²) in [6.07, 6.45) is 9.63. The summed E-state index contributed by atoms with van der Waals surface area (Å²) in [5.41, 5.74) is 0.551. The predicted molar refractivity (Wildman–Crippen MR) is 84.9 cm³/mol. The van der Waals surface area contributed by atoms with Crippen molar-refractivity contribution in [3.63, 3.8) is 0 Å². The lowest BCUT2D eigenvalue weighted by molar-refractivity contribution is 0.0854. The fourth-order valence-electron chi connectivity index (χ4n) is 3.48. The van der Waals surface area contributed by atoms with Gasteiger partial charge in [0.15, 0.2) is 0 Å². The Bertz CT molecular complexity index is 196. The lowest BCUT2D eigenvalue weighted by Crippen LogP contribution is -2.32. The van der Waals surface area contributed by atoms with Crippen molar-refractivity contribution in [1.29, 1.82) is 0 Å². The highest BCUT2D eigenvalue weighted by molar-refractivity contribution is 4.84. The maximum atomic E-state index is 2.54. The lowest BCUT2D eigenvalue weighted by Gasteiger charge is -2.41. The SMILES string of the molecule is CCCC(C)CCC(C)C(C)(CCC)C(C)CC. The van der Waals surface area contributed by atoms with Crippen LogP contribution < -0.4 is 0 Å². The summed E-state index contributed by atoms with van der Waals surface area (Å²) in [6, 6.07) is 0. The second-order valence-corrected chi connectivity index (χ2v) is 6.94. The molecular weight excluding hydrogens is 216 g/mol. The summed E-state index contributed by atoms with van der Waals surface area (Å²) in [7, 11) is 0. The van der Waals surface area contributed by atoms with Crippen molar-refractivity contribution in [2.75, 3.05) is 0 Å². The fourth-order valence-corrected chi connectivity index (χ4v) is 3.48. The first kappa shape index (κ1) is 18.0. The van der Waals surface area contributed by atoms with Crippen LogP contribution in [0.3, 0.4) is 0 Å². The van der Waals surface area contributed by atoms with Crippen LogP contribution in [0, 0.1) is 23.2 Å². The Kier molecular flexibility index (Phi) is 8.99. The van der Waals surface area contributed by atoms with Crippen molar-refractivity contribution in [2.24, 2.45) is 23.2 Å². The van der Waals surface area contributed by atoms with E-state index in [2.05, 4.69) is 48.5 Å². The first-order valence-electron chi connectivity index (χ1n) is 8.42. The van der Waals surface area contributed by atoms with E-state index in [9.17, 15) is 0 Å². The molecule has 0 heterocycles. The van der Waals surface area contributed by atoms with Crippen LogP contribution in [0.4, 0.5) is 0 Å². The zero-order valence-corrected chi connectivity index (χ0v) is 14.2. The van der Waals surface area contributed by atoms with Crippen LogP contribution in [-0.4, -0.2) is 0 Å². The molecule has 0 spiro atoms. The summed E-state index contributed by atoms with van der Waals surface area (Å²) in [6.45, 7) is 16.9. The molecule has 110 valence electrons. The second kappa shape index (κ2) is 8.99. The summed E-state index contributed by atoms with van der Waals surface area (Å²) < 4.78 is 0. The van der Waals surface area contributed by atoms with Crippen LogP contribution >= 0.6 is 0 Å². The van der Waals surface area contributed by atoms with E-state index in [1.165, 1.54) is 44.9 Å². The molecule has 0 amide bonds. The zero-order valence-electron chi connectivity index (χ0n) is 14.2. The summed E-state index contributed by atoms with van der Waals surface area (Å²) in [4.78, 5) is 0. The molecule has 0 N–H and O–H groups in total. The van der Waals surface area contributed by atoms with Crippen molar-refractivity contribution < 1.29 is 0 Å². The maximum absolute atomic E-state index is 2.54. The van der Waals surface area contributed by atoms with Crippen LogP contribution in [0.5, 0.6) is 0 Å². The molecule has 0 aliphatic rings. The highest BCUT2D eigenvalue weighted by atomic mass is 14.4. The Hall–Kier alpha value is 0. The normalized spacial score (nSPS) is 20.2. The summed E-state index contributed by atoms with van der Waals surface area (Å²) >= 11 is 0. The molecule has 0 radical (unpaired) electrons. The third-order valence-electron chi connectivity index (χ3n) is 5.53. The van der Waals surface area contributed by atoms with Gasteiger partial charge < -0.3 is 0 Å². The number of rotatable bonds is 10. The van der Waals surface area contributed by atoms with E-state index >= 15 is 0 Å². The van der Waals surface area contributed by atoms with Crippen molar-refractivity contribution in [1.82, 2.24) is 0 Å². The molecule has 0 bridgehead atoms. The summed E-state index contributed by atoms with van der Waals surface area (Å²) in [5.74, 6) is 2.64. The van der Waals surface area contributed by atoms with Crippen LogP contribution in [-0.2, 0) is 0 Å². The van der Waals surface area contributed by atoms with Crippen molar-refractivity contribution in [3.05, 3.63) is 0 Å². The van der Waals surface area contributed by atoms with Crippen molar-refractivity contribution in [2.45, 2.75) is 93.4 Å². The van der Waals surface area contributed by atoms with Gasteiger partial charge in [0, 0.05) is 0 Å². The number of hydrogen-bond acceptors (Lipinski definition) is 0. The summed E-state index contributed by atoms with van der Waals surface area (Å²) in [5, 5.41) is 0. The Morgan fingerprint density at radius 2 is 1.39 bits per heavy atom. The fraction of sp³-hybridized carbons (Fsp3) is 1.00. The molecule has 4 atom stereocenters. The van der Waals surface area contributed by atoms with Gasteiger partial charge in [0.1, 0.15) is 0 Å². The average molecular weight is 255 g/mol. The molecule has 0 aliphatic carbocycles. The molecule has 0 aromatic heterocycles. The van der Waals surface area contributed by atoms with E-state index in [0.717, 1.165) is 17.8 Å². The van der Waals surface area contributed by atoms with E-state index in [1.807, 2.05) is 0 Å². The minimum Gasteiger partial charge on any atom is -0.0654 e. The second-order valence-electron chi connectivity index (χ2n) is 6.94. The molecule has 0 nitrogen and oxygen atoms in total. The Morgan fingerprint density at radius 1 is 0.778 bits per heavy atom. The van der Waals surface area contributed by atoms with E-state index in [-0.39, 0.29) is 0 Å². The molecule has 0 aliphatic heterocycles. The zero-order chi connectivity index (χ0) is 14.2. The van der Waals surface area contributed by atoms with Gasteiger partial charge in [-0.15, -0.1) is 0 Å². The minimum atomic E-state index is 0.551. The Morgan fingerprint density at radius 3 is 1.83 bits per heavy atom. The molecule has 0 saturated carbocycles. The standard InChI is InChI=1S/C18H38/c1-8-11-15(4)12-13-17(6)18(7,14-9-2)16(5)10-3/h15-17H,8-14H2,1-7H3. The molecule has 4 unspecified atom stereocenters. The van der Waals surface area contributed by atoms with Crippen LogP contribution in [0.2, 0.25) is 0 Å². The van der Waals surface area contributed by atoms with Crippen LogP contribution in [0.15, 0.2) is 0 Å². The molecule has 0 saturated heterocycles. The molecule has 0 rings (SSSR count). The van der Waals surface area contributed by atoms with Gasteiger partial charge in [0.25, 0.3) is 0 Å². The third-order valence-corrected chi connectivity index (χ3v) is 5.53. The molecule has 0 heteroatoms. The van der Waals surface area contributed by atoms with Crippen molar-refractivity contribution >= 4 is 0 Å². The molecule has 0 aromatic rings. The molecule has 18 heavy (non-hydrogen) atoms. The van der Waals surface area contributed by atoms with Crippen molar-refractivity contribution in [3.8, 4) is 0 Å². The van der Waals surface area contributed by atoms with Gasteiger partial charge in [-0.05, 0) is 36.0 Å². The van der Waals surface area contributed by atoms with E-state index < -0.39 is 0 Å². The lowest BCUT2D eigenvalue weighted by atomic mass is 9.64. The smallest absolute Gasteiger partial charge is 0.0275 e. The quantitative estimate of drug-likeness (QED) is 0.407. The topological polar surface area (TPSA) is 0 Å². The highest BCUT2D eigenvalue weighted by Crippen LogP contribution is 2.44. The van der Waals surface area contributed by atoms with Gasteiger partial charge in [-0.25, -0.2) is 0 Å². The van der Waals surface area contributed by atoms with E-state index in [0.29, 0.717) is 5.41 Å². The first-order valence-corrected chi connectivity index (χ1v) is 8.42. The van der Waals surface area contributed by atoms with E-state index in [1.54, 1.807) is 0 Å². The van der Waals surface area contributed by atoms with Gasteiger partial charge in [0.05, 0.1) is 0 Å². The Balaban J connectivity index is 4.42. The predicted octanol–water partition coefficient (Wildman–Crippen LogP) is 6.69. The molecule has 0 fully saturated rings. The molecule has 0 aromatic carbocycles. The third kappa shape index (κ3) is 5.33. The Labute approximate surface area is 117 Å². The van der Waals surface area contributed by atoms with Crippen LogP contribution in [0.25, 0.3) is 0 Å². The van der Waals surface area contributed by atoms with Gasteiger partial charge in [-0.1, -0.05) is 80.6 Å². The van der Waals surface area contributed by atoms with Gasteiger partial charge in [0.2, 0.25) is 0 Å². The van der Waals surface area contributed by atoms with Gasteiger partial charge in [-0.3, -0.25) is 0 Å². The molecular formula is C18H38. The van der Waals surface area contributed by atoms with Gasteiger partial charge >= 0.3 is 0 Å². The first-order chi connectivity index (χ1) is 8.42. The highest BCUT2D eigenvalue weighted by Gasteiger charge is 2.34. The van der Waals surface area contributed by atoms with E-state index in [4.69, 9.17) is 0 Å². The van der Waals surface area contributed by atoms with Crippen LogP contribution in [0.1, 0.15) is 93.4 Å². The monoisotopic (exact) mass is 254 g/mol. The maximum Gasteiger partial charge on any atom is -0.0275 e.